The van der Waals surface area contributed by atoms with Crippen molar-refractivity contribution in [1.82, 2.24) is 14.5 Å². The average Bonchev–Trinajstić information content (AvgIpc) is 3.10. The van der Waals surface area contributed by atoms with Gasteiger partial charge in [0, 0.05) is 32.6 Å². The highest BCUT2D eigenvalue weighted by Crippen LogP contribution is 2.34. The van der Waals surface area contributed by atoms with Crippen LogP contribution in [0, 0.1) is 6.92 Å². The van der Waals surface area contributed by atoms with Gasteiger partial charge in [-0.05, 0) is 36.8 Å². The van der Waals surface area contributed by atoms with E-state index in [1.807, 2.05) is 0 Å². The molecule has 0 N–H and O–H groups in total. The molecule has 2 heterocycles. The lowest BCUT2D eigenvalue weighted by Crippen LogP contribution is -2.40. The van der Waals surface area contributed by atoms with Gasteiger partial charge in [0.05, 0.1) is 45.4 Å². The first-order valence-corrected chi connectivity index (χ1v) is 11.0. The van der Waals surface area contributed by atoms with Crippen LogP contribution in [0.15, 0.2) is 24.3 Å². The first-order valence-electron chi connectivity index (χ1n) is 10.3. The van der Waals surface area contributed by atoms with Gasteiger partial charge in [-0.1, -0.05) is 23.2 Å². The first-order chi connectivity index (χ1) is 15.5. The van der Waals surface area contributed by atoms with Gasteiger partial charge >= 0.3 is 0 Å². The Morgan fingerprint density at radius 2 is 1.82 bits per heavy atom. The normalized spacial score (nSPS) is 14.7. The van der Waals surface area contributed by atoms with E-state index < -0.39 is 11.7 Å². The number of carbonyl (C=O) groups is 2. The standard InChI is InChI=1S/C23H21Cl2F2N3O3/c1-12-10-13(23(2,26)27)11-16-19(12)28-21(29(16)3)20(31)17-15(24)5-4-14(18(17)25)22(32)30-6-8-33-9-7-30/h4-5,10-11H,6-9H2,1-3H3. The van der Waals surface area contributed by atoms with Crippen molar-refractivity contribution in [3.8, 4) is 0 Å². The average molecular weight is 496 g/mol. The second kappa shape index (κ2) is 8.66. The minimum atomic E-state index is -3.05. The minimum absolute atomic E-state index is 0.0237. The maximum Gasteiger partial charge on any atom is 0.270 e. The van der Waals surface area contributed by atoms with Crippen molar-refractivity contribution in [3.63, 3.8) is 0 Å². The molecule has 2 aromatic carbocycles. The van der Waals surface area contributed by atoms with E-state index in [0.717, 1.165) is 6.92 Å². The molecule has 6 nitrogen and oxygen atoms in total. The Bertz CT molecular complexity index is 1280. The molecule has 1 amide bonds. The molecule has 0 saturated carbocycles. The number of hydrogen-bond acceptors (Lipinski definition) is 4. The molecule has 10 heteroatoms. The monoisotopic (exact) mass is 495 g/mol. The minimum Gasteiger partial charge on any atom is -0.378 e. The molecule has 0 aliphatic carbocycles. The Kier molecular flexibility index (Phi) is 6.20. The molecule has 1 aliphatic heterocycles. The molecule has 1 saturated heterocycles. The Morgan fingerprint density at radius 3 is 2.45 bits per heavy atom. The van der Waals surface area contributed by atoms with Gasteiger partial charge in [-0.3, -0.25) is 9.59 Å². The van der Waals surface area contributed by atoms with Crippen LogP contribution in [0.5, 0.6) is 0 Å². The number of alkyl halides is 2. The van der Waals surface area contributed by atoms with E-state index >= 15 is 0 Å². The first kappa shape index (κ1) is 23.6. The van der Waals surface area contributed by atoms with Crippen molar-refractivity contribution in [3.05, 3.63) is 62.4 Å². The van der Waals surface area contributed by atoms with Crippen LogP contribution in [0.1, 0.15) is 44.6 Å². The molecule has 1 aliphatic rings. The lowest BCUT2D eigenvalue weighted by atomic mass is 10.0. The number of carbonyl (C=O) groups excluding carboxylic acids is 2. The van der Waals surface area contributed by atoms with Gasteiger partial charge in [0.25, 0.3) is 11.8 Å². The molecule has 3 aromatic rings. The van der Waals surface area contributed by atoms with Crippen molar-refractivity contribution in [1.29, 1.82) is 0 Å². The Hall–Kier alpha value is -2.55. The van der Waals surface area contributed by atoms with Gasteiger partial charge < -0.3 is 14.2 Å². The van der Waals surface area contributed by atoms with E-state index in [0.29, 0.717) is 42.9 Å². The number of ether oxygens (including phenoxy) is 1. The summed E-state index contributed by atoms with van der Waals surface area (Å²) in [6.07, 6.45) is 0. The topological polar surface area (TPSA) is 64.4 Å². The summed E-state index contributed by atoms with van der Waals surface area (Å²) < 4.78 is 34.6. The van der Waals surface area contributed by atoms with Gasteiger partial charge in [-0.15, -0.1) is 0 Å². The molecule has 0 radical (unpaired) electrons. The van der Waals surface area contributed by atoms with Crippen molar-refractivity contribution < 1.29 is 23.1 Å². The number of ketones is 1. The highest BCUT2D eigenvalue weighted by atomic mass is 35.5. The number of halogens is 4. The molecule has 1 aromatic heterocycles. The van der Waals surface area contributed by atoms with Crippen molar-refractivity contribution in [2.45, 2.75) is 19.8 Å². The molecule has 0 unspecified atom stereocenters. The van der Waals surface area contributed by atoms with Gasteiger partial charge in [0.2, 0.25) is 5.78 Å². The number of hydrogen-bond donors (Lipinski definition) is 0. The summed E-state index contributed by atoms with van der Waals surface area (Å²) in [5.74, 6) is -4.01. The van der Waals surface area contributed by atoms with Crippen LogP contribution in [0.2, 0.25) is 10.0 Å². The zero-order valence-corrected chi connectivity index (χ0v) is 19.7. The number of aryl methyl sites for hydroxylation is 2. The van der Waals surface area contributed by atoms with E-state index in [4.69, 9.17) is 27.9 Å². The number of amides is 1. The van der Waals surface area contributed by atoms with Crippen LogP contribution in [-0.4, -0.2) is 52.4 Å². The second-order valence-corrected chi connectivity index (χ2v) is 8.85. The van der Waals surface area contributed by atoms with Crippen LogP contribution in [0.3, 0.4) is 0 Å². The summed E-state index contributed by atoms with van der Waals surface area (Å²) in [5, 5.41) is -0.0124. The van der Waals surface area contributed by atoms with Gasteiger partial charge in [-0.2, -0.15) is 0 Å². The third kappa shape index (κ3) is 4.23. The predicted octanol–water partition coefficient (Wildman–Crippen LogP) is 5.00. The summed E-state index contributed by atoms with van der Waals surface area (Å²) in [5.41, 5.74) is 1.21. The van der Waals surface area contributed by atoms with E-state index in [9.17, 15) is 18.4 Å². The smallest absolute Gasteiger partial charge is 0.270 e. The molecule has 4 rings (SSSR count). The maximum absolute atomic E-state index is 13.9. The van der Waals surface area contributed by atoms with Crippen LogP contribution in [0.25, 0.3) is 11.0 Å². The highest BCUT2D eigenvalue weighted by Gasteiger charge is 2.30. The quantitative estimate of drug-likeness (QED) is 0.477. The van der Waals surface area contributed by atoms with Gasteiger partial charge in [0.15, 0.2) is 5.82 Å². The van der Waals surface area contributed by atoms with Gasteiger partial charge in [0.1, 0.15) is 0 Å². The third-order valence-electron chi connectivity index (χ3n) is 5.73. The number of rotatable bonds is 4. The van der Waals surface area contributed by atoms with Crippen LogP contribution in [-0.2, 0) is 17.7 Å². The van der Waals surface area contributed by atoms with Crippen molar-refractivity contribution in [2.24, 2.45) is 7.05 Å². The fourth-order valence-electron chi connectivity index (χ4n) is 3.89. The molecular formula is C23H21Cl2F2N3O3. The van der Waals surface area contributed by atoms with Crippen LogP contribution >= 0.6 is 23.2 Å². The van der Waals surface area contributed by atoms with Crippen LogP contribution in [0.4, 0.5) is 8.78 Å². The third-order valence-corrected chi connectivity index (χ3v) is 6.44. The molecular weight excluding hydrogens is 475 g/mol. The summed E-state index contributed by atoms with van der Waals surface area (Å²) in [7, 11) is 1.56. The number of imidazole rings is 1. The maximum atomic E-state index is 13.9. The number of aromatic nitrogens is 2. The van der Waals surface area contributed by atoms with Crippen molar-refractivity contribution >= 4 is 45.9 Å². The molecule has 33 heavy (non-hydrogen) atoms. The molecule has 0 atom stereocenters. The largest absolute Gasteiger partial charge is 0.378 e. The number of morpholine rings is 1. The Balaban J connectivity index is 1.80. The fourth-order valence-corrected chi connectivity index (χ4v) is 4.51. The Morgan fingerprint density at radius 1 is 1.15 bits per heavy atom. The van der Waals surface area contributed by atoms with E-state index in [1.165, 1.54) is 28.8 Å². The highest BCUT2D eigenvalue weighted by molar-refractivity contribution is 6.42. The lowest BCUT2D eigenvalue weighted by Gasteiger charge is -2.27. The summed E-state index contributed by atoms with van der Waals surface area (Å²) in [4.78, 5) is 32.4. The Labute approximate surface area is 199 Å². The van der Waals surface area contributed by atoms with E-state index in [2.05, 4.69) is 4.98 Å². The number of fused-ring (bicyclic) bond motifs is 1. The lowest BCUT2D eigenvalue weighted by molar-refractivity contribution is 0.0175. The zero-order chi connectivity index (χ0) is 24.1. The second-order valence-electron chi connectivity index (χ2n) is 8.06. The fraction of sp³-hybridized carbons (Fsp3) is 0.348. The summed E-state index contributed by atoms with van der Waals surface area (Å²) in [6.45, 7) is 4.12. The molecule has 1 fully saturated rings. The number of nitrogens with zero attached hydrogens (tertiary/aromatic N) is 3. The van der Waals surface area contributed by atoms with Crippen molar-refractivity contribution in [2.75, 3.05) is 26.3 Å². The SMILES string of the molecule is Cc1cc(C(C)(F)F)cc2c1nc(C(=O)c1c(Cl)ccc(C(=O)N3CCOCC3)c1Cl)n2C. The summed E-state index contributed by atoms with van der Waals surface area (Å²) >= 11 is 12.8. The van der Waals surface area contributed by atoms with E-state index in [1.54, 1.807) is 18.9 Å². The van der Waals surface area contributed by atoms with Gasteiger partial charge in [-0.25, -0.2) is 13.8 Å². The molecule has 0 bridgehead atoms. The van der Waals surface area contributed by atoms with Crippen LogP contribution < -0.4 is 0 Å². The number of benzene rings is 2. The molecule has 0 spiro atoms. The zero-order valence-electron chi connectivity index (χ0n) is 18.2. The molecule has 174 valence electrons. The predicted molar refractivity (Wildman–Crippen MR) is 122 cm³/mol. The van der Waals surface area contributed by atoms with E-state index in [-0.39, 0.29) is 38.5 Å². The summed E-state index contributed by atoms with van der Waals surface area (Å²) in [6, 6.07) is 5.59.